The number of pyridine rings is 1. The summed E-state index contributed by atoms with van der Waals surface area (Å²) in [5.74, 6) is 0.552. The summed E-state index contributed by atoms with van der Waals surface area (Å²) in [6, 6.07) is 19.4. The van der Waals surface area contributed by atoms with E-state index in [0.29, 0.717) is 46.5 Å². The molecule has 0 fully saturated rings. The number of nitrogens with zero attached hydrogens (tertiary/aromatic N) is 4. The summed E-state index contributed by atoms with van der Waals surface area (Å²) in [4.78, 5) is 40.8. The Bertz CT molecular complexity index is 1440. The molecule has 8 nitrogen and oxygen atoms in total. The maximum atomic E-state index is 13.1. The highest BCUT2D eigenvalue weighted by Crippen LogP contribution is 2.25. The number of rotatable bonds is 7. The summed E-state index contributed by atoms with van der Waals surface area (Å²) < 4.78 is 5.66. The van der Waals surface area contributed by atoms with Crippen molar-refractivity contribution in [1.82, 2.24) is 19.9 Å². The van der Waals surface area contributed by atoms with Crippen molar-refractivity contribution < 1.29 is 14.3 Å². The minimum absolute atomic E-state index is 0.326. The summed E-state index contributed by atoms with van der Waals surface area (Å²) >= 11 is 6.02. The van der Waals surface area contributed by atoms with Gasteiger partial charge >= 0.3 is 6.09 Å². The second-order valence-corrected chi connectivity index (χ2v) is 10.4. The molecule has 0 atom stereocenters. The molecule has 0 saturated carbocycles. The zero-order valence-electron chi connectivity index (χ0n) is 22.3. The van der Waals surface area contributed by atoms with Crippen LogP contribution in [0.1, 0.15) is 42.6 Å². The van der Waals surface area contributed by atoms with Crippen molar-refractivity contribution in [3.63, 3.8) is 0 Å². The number of halogens is 1. The number of hydrogen-bond acceptors (Lipinski definition) is 6. The Morgan fingerprint density at radius 2 is 1.69 bits per heavy atom. The van der Waals surface area contributed by atoms with Crippen LogP contribution in [0.25, 0.3) is 11.3 Å². The summed E-state index contributed by atoms with van der Waals surface area (Å²) in [5.41, 5.74) is 2.58. The second-order valence-electron chi connectivity index (χ2n) is 9.93. The fourth-order valence-electron chi connectivity index (χ4n) is 3.90. The predicted molar refractivity (Wildman–Crippen MR) is 152 cm³/mol. The smallest absolute Gasteiger partial charge is 0.410 e. The van der Waals surface area contributed by atoms with Gasteiger partial charge in [0.2, 0.25) is 0 Å². The van der Waals surface area contributed by atoms with Crippen LogP contribution in [0.3, 0.4) is 0 Å². The van der Waals surface area contributed by atoms with Crippen LogP contribution in [0.15, 0.2) is 79.1 Å². The minimum Gasteiger partial charge on any atom is -0.410 e. The number of amides is 2. The Kier molecular flexibility index (Phi) is 8.56. The molecule has 0 aliphatic heterocycles. The number of nitrogens with one attached hydrogen (secondary N) is 1. The molecule has 39 heavy (non-hydrogen) atoms. The van der Waals surface area contributed by atoms with E-state index in [1.54, 1.807) is 66.6 Å². The molecule has 2 aromatic carbocycles. The predicted octanol–water partition coefficient (Wildman–Crippen LogP) is 6.59. The SMILES string of the molecule is Cc1ncc(C(=O)Nc2ccc(OC(=O)N(CCc3ccccn3)C(C)(C)C)cc2)c(-c2ccc(Cl)cc2)n1. The van der Waals surface area contributed by atoms with Gasteiger partial charge in [0.25, 0.3) is 5.91 Å². The molecule has 0 bridgehead atoms. The number of aromatic nitrogens is 3. The van der Waals surface area contributed by atoms with E-state index in [-0.39, 0.29) is 5.91 Å². The zero-order chi connectivity index (χ0) is 28.0. The molecular formula is C30H30ClN5O3. The van der Waals surface area contributed by atoms with E-state index in [9.17, 15) is 9.59 Å². The average molecular weight is 544 g/mol. The van der Waals surface area contributed by atoms with Gasteiger partial charge < -0.3 is 15.0 Å². The fourth-order valence-corrected chi connectivity index (χ4v) is 4.02. The quantitative estimate of drug-likeness (QED) is 0.282. The van der Waals surface area contributed by atoms with Gasteiger partial charge in [-0.25, -0.2) is 14.8 Å². The molecule has 0 saturated heterocycles. The van der Waals surface area contributed by atoms with E-state index in [1.807, 2.05) is 39.0 Å². The third-order valence-electron chi connectivity index (χ3n) is 5.94. The van der Waals surface area contributed by atoms with Crippen LogP contribution in [0, 0.1) is 6.92 Å². The lowest BCUT2D eigenvalue weighted by Gasteiger charge is -2.34. The molecule has 0 aliphatic carbocycles. The number of carbonyl (C=O) groups excluding carboxylic acids is 2. The molecule has 0 aliphatic rings. The van der Waals surface area contributed by atoms with Crippen molar-refractivity contribution >= 4 is 29.3 Å². The van der Waals surface area contributed by atoms with Gasteiger partial charge in [-0.15, -0.1) is 0 Å². The highest BCUT2D eigenvalue weighted by molar-refractivity contribution is 6.30. The number of anilines is 1. The number of ether oxygens (including phenoxy) is 1. The van der Waals surface area contributed by atoms with Gasteiger partial charge in [0.15, 0.2) is 0 Å². The largest absolute Gasteiger partial charge is 0.415 e. The van der Waals surface area contributed by atoms with Crippen LogP contribution in [0.5, 0.6) is 5.75 Å². The first-order valence-electron chi connectivity index (χ1n) is 12.5. The van der Waals surface area contributed by atoms with E-state index in [1.165, 1.54) is 6.20 Å². The number of carbonyl (C=O) groups is 2. The summed E-state index contributed by atoms with van der Waals surface area (Å²) in [5, 5.41) is 3.46. The Hall–Kier alpha value is -4.30. The van der Waals surface area contributed by atoms with Gasteiger partial charge in [0.1, 0.15) is 11.6 Å². The third-order valence-corrected chi connectivity index (χ3v) is 6.19. The van der Waals surface area contributed by atoms with E-state index in [4.69, 9.17) is 16.3 Å². The Balaban J connectivity index is 1.43. The second kappa shape index (κ2) is 12.0. The highest BCUT2D eigenvalue weighted by atomic mass is 35.5. The van der Waals surface area contributed by atoms with E-state index >= 15 is 0 Å². The molecular weight excluding hydrogens is 514 g/mol. The van der Waals surface area contributed by atoms with Crippen molar-refractivity contribution in [2.24, 2.45) is 0 Å². The Labute approximate surface area is 233 Å². The number of aryl methyl sites for hydroxylation is 1. The first kappa shape index (κ1) is 27.7. The van der Waals surface area contributed by atoms with E-state index in [0.717, 1.165) is 11.3 Å². The van der Waals surface area contributed by atoms with Crippen molar-refractivity contribution in [3.05, 3.63) is 101 Å². The van der Waals surface area contributed by atoms with Gasteiger partial charge in [-0.2, -0.15) is 0 Å². The van der Waals surface area contributed by atoms with Crippen molar-refractivity contribution in [2.45, 2.75) is 39.7 Å². The van der Waals surface area contributed by atoms with Crippen molar-refractivity contribution in [1.29, 1.82) is 0 Å². The lowest BCUT2D eigenvalue weighted by molar-refractivity contribution is 0.102. The summed E-state index contributed by atoms with van der Waals surface area (Å²) in [6.45, 7) is 8.09. The molecule has 2 aromatic heterocycles. The molecule has 4 aromatic rings. The Morgan fingerprint density at radius 1 is 0.974 bits per heavy atom. The summed E-state index contributed by atoms with van der Waals surface area (Å²) in [7, 11) is 0. The average Bonchev–Trinajstić information content (AvgIpc) is 2.90. The van der Waals surface area contributed by atoms with Crippen LogP contribution in [0.2, 0.25) is 5.02 Å². The normalized spacial score (nSPS) is 11.1. The van der Waals surface area contributed by atoms with Crippen LogP contribution in [0.4, 0.5) is 10.5 Å². The molecule has 0 spiro atoms. The molecule has 4 rings (SSSR count). The molecule has 2 heterocycles. The monoisotopic (exact) mass is 543 g/mol. The van der Waals surface area contributed by atoms with Gasteiger partial charge in [0, 0.05) is 52.9 Å². The number of hydrogen-bond donors (Lipinski definition) is 1. The molecule has 0 unspecified atom stereocenters. The first-order valence-corrected chi connectivity index (χ1v) is 12.9. The lowest BCUT2D eigenvalue weighted by atomic mass is 10.1. The van der Waals surface area contributed by atoms with Crippen LogP contribution in [-0.4, -0.2) is 43.9 Å². The van der Waals surface area contributed by atoms with Gasteiger partial charge in [-0.05, 0) is 76.2 Å². The van der Waals surface area contributed by atoms with Crippen molar-refractivity contribution in [3.8, 4) is 17.0 Å². The van der Waals surface area contributed by atoms with Crippen LogP contribution >= 0.6 is 11.6 Å². The highest BCUT2D eigenvalue weighted by Gasteiger charge is 2.28. The number of benzene rings is 2. The van der Waals surface area contributed by atoms with Crippen LogP contribution in [-0.2, 0) is 6.42 Å². The fraction of sp³-hybridized carbons (Fsp3) is 0.233. The minimum atomic E-state index is -0.459. The van der Waals surface area contributed by atoms with Gasteiger partial charge in [-0.3, -0.25) is 9.78 Å². The molecule has 2 amide bonds. The maximum Gasteiger partial charge on any atom is 0.415 e. The molecule has 200 valence electrons. The topological polar surface area (TPSA) is 97.3 Å². The van der Waals surface area contributed by atoms with Crippen LogP contribution < -0.4 is 10.1 Å². The third kappa shape index (κ3) is 7.39. The Morgan fingerprint density at radius 3 is 2.33 bits per heavy atom. The van der Waals surface area contributed by atoms with E-state index < -0.39 is 11.6 Å². The van der Waals surface area contributed by atoms with Crippen molar-refractivity contribution in [2.75, 3.05) is 11.9 Å². The maximum absolute atomic E-state index is 13.1. The van der Waals surface area contributed by atoms with Gasteiger partial charge in [-0.1, -0.05) is 29.8 Å². The van der Waals surface area contributed by atoms with Gasteiger partial charge in [0.05, 0.1) is 11.3 Å². The van der Waals surface area contributed by atoms with E-state index in [2.05, 4.69) is 20.3 Å². The molecule has 9 heteroatoms. The lowest BCUT2D eigenvalue weighted by Crippen LogP contribution is -2.48. The standard InChI is InChI=1S/C30H30ClN5O3/c1-20-33-19-26(27(34-20)21-8-10-22(31)11-9-21)28(37)35-24-12-14-25(15-13-24)39-29(38)36(30(2,3)4)18-16-23-7-5-6-17-32-23/h5-15,17,19H,16,18H2,1-4H3,(H,35,37). The zero-order valence-corrected chi connectivity index (χ0v) is 23.1. The molecule has 0 radical (unpaired) electrons. The summed E-state index contributed by atoms with van der Waals surface area (Å²) in [6.07, 6.45) is 3.39. The first-order chi connectivity index (χ1) is 18.6. The molecule has 1 N–H and O–H groups in total.